The Morgan fingerprint density at radius 2 is 1.46 bits per heavy atom. The molecule has 4 unspecified atom stereocenters. The van der Waals surface area contributed by atoms with Crippen LogP contribution in [0.5, 0.6) is 5.75 Å². The number of carbonyl (C=O) groups excluding carboxylic acids is 3. The third-order valence-electron chi connectivity index (χ3n) is 5.95. The van der Waals surface area contributed by atoms with Crippen molar-refractivity contribution in [3.05, 3.63) is 65.9 Å². The Labute approximate surface area is 213 Å². The Balaban J connectivity index is 1.50. The first-order chi connectivity index (χ1) is 17.5. The Hall–Kier alpha value is -4.38. The predicted octanol–water partition coefficient (Wildman–Crippen LogP) is 0.565. The molecular weight excluding hydrogens is 478 g/mol. The minimum Gasteiger partial charge on any atom is -0.508 e. The fourth-order valence-electron chi connectivity index (χ4n) is 3.78. The van der Waals surface area contributed by atoms with Gasteiger partial charge in [0, 0.05) is 23.5 Å². The lowest BCUT2D eigenvalue weighted by molar-refractivity contribution is -0.142. The highest BCUT2D eigenvalue weighted by atomic mass is 16.4. The van der Waals surface area contributed by atoms with E-state index in [0.717, 1.165) is 16.5 Å². The maximum atomic E-state index is 12.6. The summed E-state index contributed by atoms with van der Waals surface area (Å²) in [6, 6.07) is 9.39. The van der Waals surface area contributed by atoms with Crippen LogP contribution in [0.2, 0.25) is 0 Å². The Bertz CT molecular complexity index is 1270. The lowest BCUT2D eigenvalue weighted by Crippen LogP contribution is -2.55. The number of hydrogen-bond donors (Lipinski definition) is 7. The van der Waals surface area contributed by atoms with Crippen molar-refractivity contribution in [1.29, 1.82) is 0 Å². The molecule has 1 heterocycles. The molecule has 3 aromatic rings. The van der Waals surface area contributed by atoms with Gasteiger partial charge in [0.25, 0.3) is 0 Å². The number of benzene rings is 2. The molecular formula is C26H31N5O6. The van der Waals surface area contributed by atoms with Crippen molar-refractivity contribution in [2.45, 2.75) is 50.9 Å². The molecule has 0 saturated carbocycles. The molecule has 2 aromatic carbocycles. The maximum absolute atomic E-state index is 12.6. The van der Waals surface area contributed by atoms with Crippen LogP contribution < -0.4 is 21.7 Å². The number of H-pyrrole nitrogens is 1. The van der Waals surface area contributed by atoms with E-state index >= 15 is 0 Å². The standard InChI is InChI=1S/C26H31N5O6/c1-14(30-25(35)20(27)12-17-13-28-21-6-4-3-5-19(17)21)23(33)29-15(2)24(34)31-22(26(36)37)11-16-7-9-18(32)10-8-16/h3-10,13-15,20,22,28,32H,11-12,27H2,1-2H3,(H,29,33)(H,30,35)(H,31,34)(H,36,37). The molecule has 37 heavy (non-hydrogen) atoms. The minimum atomic E-state index is -1.25. The first kappa shape index (κ1) is 27.2. The minimum absolute atomic E-state index is 0.0111. The number of phenolic OH excluding ortho intramolecular Hbond substituents is 1. The van der Waals surface area contributed by atoms with Gasteiger partial charge in [-0.15, -0.1) is 0 Å². The van der Waals surface area contributed by atoms with Gasteiger partial charge in [-0.05, 0) is 49.6 Å². The number of aromatic nitrogens is 1. The van der Waals surface area contributed by atoms with Crippen LogP contribution in [0.1, 0.15) is 25.0 Å². The van der Waals surface area contributed by atoms with Crippen molar-refractivity contribution >= 4 is 34.6 Å². The fraction of sp³-hybridized carbons (Fsp3) is 0.308. The van der Waals surface area contributed by atoms with E-state index in [4.69, 9.17) is 5.73 Å². The zero-order valence-electron chi connectivity index (χ0n) is 20.5. The molecule has 11 nitrogen and oxygen atoms in total. The van der Waals surface area contributed by atoms with E-state index in [1.165, 1.54) is 26.0 Å². The lowest BCUT2D eigenvalue weighted by Gasteiger charge is -2.21. The van der Waals surface area contributed by atoms with Crippen LogP contribution in [0.15, 0.2) is 54.7 Å². The number of fused-ring (bicyclic) bond motifs is 1. The van der Waals surface area contributed by atoms with E-state index in [1.807, 2.05) is 24.3 Å². The van der Waals surface area contributed by atoms with Gasteiger partial charge in [-0.25, -0.2) is 4.79 Å². The van der Waals surface area contributed by atoms with E-state index in [1.54, 1.807) is 18.3 Å². The molecule has 0 aliphatic carbocycles. The van der Waals surface area contributed by atoms with Gasteiger partial charge in [0.1, 0.15) is 23.9 Å². The number of carboxylic acids is 1. The van der Waals surface area contributed by atoms with E-state index in [-0.39, 0.29) is 18.6 Å². The van der Waals surface area contributed by atoms with E-state index in [9.17, 15) is 29.4 Å². The summed E-state index contributed by atoms with van der Waals surface area (Å²) in [6.45, 7) is 2.87. The molecule has 0 radical (unpaired) electrons. The van der Waals surface area contributed by atoms with Gasteiger partial charge in [-0.3, -0.25) is 14.4 Å². The quantitative estimate of drug-likeness (QED) is 0.197. The number of aliphatic carboxylic acids is 1. The van der Waals surface area contributed by atoms with Crippen LogP contribution in [0.25, 0.3) is 10.9 Å². The van der Waals surface area contributed by atoms with E-state index in [2.05, 4.69) is 20.9 Å². The molecule has 0 fully saturated rings. The molecule has 0 spiro atoms. The normalized spacial score (nSPS) is 14.2. The number of carbonyl (C=O) groups is 4. The summed E-state index contributed by atoms with van der Waals surface area (Å²) in [6.07, 6.45) is 2.05. The molecule has 0 saturated heterocycles. The second kappa shape index (κ2) is 12.0. The monoisotopic (exact) mass is 509 g/mol. The summed E-state index contributed by atoms with van der Waals surface area (Å²) < 4.78 is 0. The molecule has 0 bridgehead atoms. The van der Waals surface area contributed by atoms with Crippen molar-refractivity contribution in [2.24, 2.45) is 5.73 Å². The third kappa shape index (κ3) is 7.31. The van der Waals surface area contributed by atoms with Gasteiger partial charge in [0.15, 0.2) is 0 Å². The number of para-hydroxylation sites is 1. The number of aromatic amines is 1. The molecule has 4 atom stereocenters. The topological polar surface area (TPSA) is 187 Å². The number of aromatic hydroxyl groups is 1. The van der Waals surface area contributed by atoms with Crippen LogP contribution in [-0.4, -0.2) is 63.1 Å². The van der Waals surface area contributed by atoms with Crippen LogP contribution in [-0.2, 0) is 32.0 Å². The first-order valence-corrected chi connectivity index (χ1v) is 11.8. The molecule has 3 amide bonds. The first-order valence-electron chi connectivity index (χ1n) is 11.8. The summed E-state index contributed by atoms with van der Waals surface area (Å²) in [7, 11) is 0. The highest BCUT2D eigenvalue weighted by molar-refractivity contribution is 5.94. The summed E-state index contributed by atoms with van der Waals surface area (Å²) >= 11 is 0. The van der Waals surface area contributed by atoms with Crippen molar-refractivity contribution in [1.82, 2.24) is 20.9 Å². The second-order valence-electron chi connectivity index (χ2n) is 8.90. The number of nitrogens with two attached hydrogens (primary N) is 1. The van der Waals surface area contributed by atoms with E-state index in [0.29, 0.717) is 5.56 Å². The number of rotatable bonds is 11. The van der Waals surface area contributed by atoms with Crippen molar-refractivity contribution in [2.75, 3.05) is 0 Å². The van der Waals surface area contributed by atoms with Crippen molar-refractivity contribution < 1.29 is 29.4 Å². The third-order valence-corrected chi connectivity index (χ3v) is 5.95. The summed E-state index contributed by atoms with van der Waals surface area (Å²) in [4.78, 5) is 52.4. The van der Waals surface area contributed by atoms with Crippen LogP contribution in [0.3, 0.4) is 0 Å². The highest BCUT2D eigenvalue weighted by Gasteiger charge is 2.27. The van der Waals surface area contributed by atoms with Crippen LogP contribution in [0, 0.1) is 0 Å². The summed E-state index contributed by atoms with van der Waals surface area (Å²) in [5, 5.41) is 27.2. The van der Waals surface area contributed by atoms with Gasteiger partial charge < -0.3 is 36.9 Å². The molecule has 0 aliphatic heterocycles. The van der Waals surface area contributed by atoms with Gasteiger partial charge >= 0.3 is 5.97 Å². The van der Waals surface area contributed by atoms with Crippen LogP contribution in [0.4, 0.5) is 0 Å². The lowest BCUT2D eigenvalue weighted by atomic mass is 10.0. The molecule has 196 valence electrons. The molecule has 1 aromatic heterocycles. The summed E-state index contributed by atoms with van der Waals surface area (Å²) in [5.74, 6) is -3.06. The fourth-order valence-corrected chi connectivity index (χ4v) is 3.78. The largest absolute Gasteiger partial charge is 0.508 e. The Morgan fingerprint density at radius 3 is 2.11 bits per heavy atom. The molecule has 3 rings (SSSR count). The van der Waals surface area contributed by atoms with Gasteiger partial charge in [-0.1, -0.05) is 30.3 Å². The zero-order chi connectivity index (χ0) is 27.1. The van der Waals surface area contributed by atoms with E-state index < -0.39 is 47.9 Å². The molecule has 0 aliphatic rings. The predicted molar refractivity (Wildman–Crippen MR) is 137 cm³/mol. The number of carboxylic acid groups (broad SMARTS) is 1. The average Bonchev–Trinajstić information content (AvgIpc) is 3.27. The molecule has 11 heteroatoms. The number of nitrogens with one attached hydrogen (secondary N) is 4. The highest BCUT2D eigenvalue weighted by Crippen LogP contribution is 2.18. The molecule has 8 N–H and O–H groups in total. The Kier molecular flexibility index (Phi) is 8.86. The summed E-state index contributed by atoms with van der Waals surface area (Å²) in [5.41, 5.74) is 8.47. The zero-order valence-corrected chi connectivity index (χ0v) is 20.5. The second-order valence-corrected chi connectivity index (χ2v) is 8.90. The van der Waals surface area contributed by atoms with Crippen LogP contribution >= 0.6 is 0 Å². The van der Waals surface area contributed by atoms with Gasteiger partial charge in [0.05, 0.1) is 6.04 Å². The Morgan fingerprint density at radius 1 is 0.865 bits per heavy atom. The van der Waals surface area contributed by atoms with Gasteiger partial charge in [0.2, 0.25) is 17.7 Å². The maximum Gasteiger partial charge on any atom is 0.326 e. The van der Waals surface area contributed by atoms with Crippen molar-refractivity contribution in [3.8, 4) is 5.75 Å². The van der Waals surface area contributed by atoms with Crippen molar-refractivity contribution in [3.63, 3.8) is 0 Å². The smallest absolute Gasteiger partial charge is 0.326 e. The number of phenols is 1. The SMILES string of the molecule is CC(NC(=O)C(N)Cc1c[nH]c2ccccc12)C(=O)NC(C)C(=O)NC(Cc1ccc(O)cc1)C(=O)O. The van der Waals surface area contributed by atoms with Gasteiger partial charge in [-0.2, -0.15) is 0 Å². The number of amides is 3. The average molecular weight is 510 g/mol. The number of hydrogen-bond acceptors (Lipinski definition) is 6.